The lowest BCUT2D eigenvalue weighted by Crippen LogP contribution is -2.34. The molecule has 1 aromatic heterocycles. The highest BCUT2D eigenvalue weighted by Gasteiger charge is 2.48. The first kappa shape index (κ1) is 22.8. The fourth-order valence-corrected chi connectivity index (χ4v) is 5.76. The summed E-state index contributed by atoms with van der Waals surface area (Å²) in [6.45, 7) is 2.96. The molecular weight excluding hydrogens is 467 g/mol. The molecule has 1 atom stereocenters. The molecule has 6 rings (SSSR count). The van der Waals surface area contributed by atoms with Crippen LogP contribution in [0.1, 0.15) is 49.4 Å². The fourth-order valence-electron chi connectivity index (χ4n) is 5.50. The van der Waals surface area contributed by atoms with Crippen LogP contribution in [0.15, 0.2) is 36.4 Å². The summed E-state index contributed by atoms with van der Waals surface area (Å²) in [5, 5.41) is 11.4. The van der Waals surface area contributed by atoms with Gasteiger partial charge in [0.05, 0.1) is 23.8 Å². The second-order valence-corrected chi connectivity index (χ2v) is 10.5. The van der Waals surface area contributed by atoms with Gasteiger partial charge in [-0.2, -0.15) is 0 Å². The predicted molar refractivity (Wildman–Crippen MR) is 137 cm³/mol. The number of alkyl halides is 1. The molecule has 3 aliphatic rings. The molecule has 2 saturated heterocycles. The third kappa shape index (κ3) is 4.19. The average Bonchev–Trinajstić information content (AvgIpc) is 3.49. The molecule has 3 heterocycles. The lowest BCUT2D eigenvalue weighted by atomic mass is 9.88. The molecule has 3 fully saturated rings. The Morgan fingerprint density at radius 1 is 1.06 bits per heavy atom. The minimum atomic E-state index is -1.44. The van der Waals surface area contributed by atoms with Crippen molar-refractivity contribution in [2.75, 3.05) is 43.1 Å². The van der Waals surface area contributed by atoms with Crippen LogP contribution in [0.5, 0.6) is 5.75 Å². The molecule has 1 aliphatic carbocycles. The Kier molecular flexibility index (Phi) is 5.72. The molecule has 0 bridgehead atoms. The number of hydrogen-bond donors (Lipinski definition) is 1. The molecule has 0 spiro atoms. The van der Waals surface area contributed by atoms with Crippen molar-refractivity contribution in [2.24, 2.45) is 0 Å². The van der Waals surface area contributed by atoms with Crippen LogP contribution in [0, 0.1) is 0 Å². The Morgan fingerprint density at radius 3 is 2.49 bits per heavy atom. The number of nitrogens with zero attached hydrogens (tertiary/aromatic N) is 4. The van der Waals surface area contributed by atoms with Gasteiger partial charge in [-0.25, -0.2) is 14.4 Å². The van der Waals surface area contributed by atoms with Crippen molar-refractivity contribution < 1.29 is 14.2 Å². The van der Waals surface area contributed by atoms with Gasteiger partial charge in [-0.15, -0.1) is 0 Å². The second-order valence-electron chi connectivity index (χ2n) is 10.1. The number of ether oxygens (including phenoxy) is 1. The fraction of sp³-hybridized carbons (Fsp3) is 0.481. The summed E-state index contributed by atoms with van der Waals surface area (Å²) in [5.41, 5.74) is 1.34. The summed E-state index contributed by atoms with van der Waals surface area (Å²) in [6.07, 6.45) is 3.21. The van der Waals surface area contributed by atoms with Gasteiger partial charge in [-0.3, -0.25) is 0 Å². The Balaban J connectivity index is 1.36. The van der Waals surface area contributed by atoms with E-state index >= 15 is 4.39 Å². The van der Waals surface area contributed by atoms with Gasteiger partial charge in [0.15, 0.2) is 11.5 Å². The number of aliphatic hydroxyl groups is 1. The van der Waals surface area contributed by atoms with Crippen molar-refractivity contribution in [3.63, 3.8) is 0 Å². The van der Waals surface area contributed by atoms with Crippen molar-refractivity contribution in [1.29, 1.82) is 0 Å². The number of methoxy groups -OCH3 is 1. The highest BCUT2D eigenvalue weighted by molar-refractivity contribution is 6.35. The van der Waals surface area contributed by atoms with E-state index in [9.17, 15) is 5.11 Å². The van der Waals surface area contributed by atoms with Gasteiger partial charge in [-0.05, 0) is 61.8 Å². The number of piperidine rings is 1. The minimum Gasteiger partial charge on any atom is -0.496 e. The lowest BCUT2D eigenvalue weighted by Gasteiger charge is -2.34. The first-order valence-electron chi connectivity index (χ1n) is 12.5. The third-order valence-electron chi connectivity index (χ3n) is 7.71. The highest BCUT2D eigenvalue weighted by atomic mass is 35.5. The number of benzene rings is 2. The molecule has 0 unspecified atom stereocenters. The lowest BCUT2D eigenvalue weighted by molar-refractivity contribution is 0.198. The standard InChI is InChI=1S/C27H30ClFN4O2/c1-35-23-5-3-2-4-20(23)17-6-11-32(12-7-17)25-21-14-18(33-13-8-19(34)16-33)15-22(28)24(21)30-26(31-25)27(29)9-10-27/h2-5,14-15,17,19,34H,6-13,16H2,1H3/t19-/m1/s1. The molecule has 8 heteroatoms. The molecule has 184 valence electrons. The first-order valence-corrected chi connectivity index (χ1v) is 12.8. The van der Waals surface area contributed by atoms with E-state index in [1.54, 1.807) is 7.11 Å². The first-order chi connectivity index (χ1) is 16.9. The number of hydrogen-bond acceptors (Lipinski definition) is 6. The van der Waals surface area contributed by atoms with Gasteiger partial charge in [0.2, 0.25) is 0 Å². The smallest absolute Gasteiger partial charge is 0.170 e. The maximum absolute atomic E-state index is 15.1. The summed E-state index contributed by atoms with van der Waals surface area (Å²) in [7, 11) is 1.72. The zero-order chi connectivity index (χ0) is 24.2. The monoisotopic (exact) mass is 496 g/mol. The van der Waals surface area contributed by atoms with Gasteiger partial charge >= 0.3 is 0 Å². The molecule has 2 aliphatic heterocycles. The molecule has 6 nitrogen and oxygen atoms in total. The van der Waals surface area contributed by atoms with Crippen LogP contribution in [-0.2, 0) is 5.67 Å². The van der Waals surface area contributed by atoms with Crippen LogP contribution in [-0.4, -0.2) is 54.5 Å². The SMILES string of the molecule is COc1ccccc1C1CCN(c2nc(C3(F)CC3)nc3c(Cl)cc(N4CC[C@@H](O)C4)cc23)CC1. The number of β-amino-alcohol motifs (C(OH)–C–C–N with tert-alkyl or cyclic N) is 1. The number of halogens is 2. The topological polar surface area (TPSA) is 61.7 Å². The quantitative estimate of drug-likeness (QED) is 0.523. The summed E-state index contributed by atoms with van der Waals surface area (Å²) in [5.74, 6) is 2.34. The zero-order valence-corrected chi connectivity index (χ0v) is 20.6. The summed E-state index contributed by atoms with van der Waals surface area (Å²) >= 11 is 6.73. The number of aliphatic hydroxyl groups excluding tert-OH is 1. The van der Waals surface area contributed by atoms with E-state index in [0.717, 1.165) is 61.5 Å². The van der Waals surface area contributed by atoms with Crippen LogP contribution in [0.2, 0.25) is 5.02 Å². The van der Waals surface area contributed by atoms with Gasteiger partial charge in [0, 0.05) is 37.3 Å². The number of fused-ring (bicyclic) bond motifs is 1. The van der Waals surface area contributed by atoms with Gasteiger partial charge in [0.25, 0.3) is 0 Å². The van der Waals surface area contributed by atoms with Crippen molar-refractivity contribution in [3.05, 3.63) is 52.8 Å². The maximum Gasteiger partial charge on any atom is 0.170 e. The second kappa shape index (κ2) is 8.79. The van der Waals surface area contributed by atoms with Crippen LogP contribution in [0.3, 0.4) is 0 Å². The Hall–Kier alpha value is -2.64. The third-order valence-corrected chi connectivity index (χ3v) is 8.00. The van der Waals surface area contributed by atoms with Crippen molar-refractivity contribution in [1.82, 2.24) is 9.97 Å². The number of rotatable bonds is 5. The Labute approximate surface area is 209 Å². The molecule has 1 saturated carbocycles. The van der Waals surface area contributed by atoms with Crippen LogP contribution < -0.4 is 14.5 Å². The molecule has 0 amide bonds. The van der Waals surface area contributed by atoms with Crippen LogP contribution in [0.4, 0.5) is 15.9 Å². The van der Waals surface area contributed by atoms with Gasteiger partial charge in [0.1, 0.15) is 11.6 Å². The minimum absolute atomic E-state index is 0.248. The molecule has 0 radical (unpaired) electrons. The normalized spacial score (nSPS) is 22.1. The van der Waals surface area contributed by atoms with E-state index in [-0.39, 0.29) is 11.9 Å². The molecule has 3 aromatic rings. The molecule has 35 heavy (non-hydrogen) atoms. The van der Waals surface area contributed by atoms with E-state index < -0.39 is 5.67 Å². The maximum atomic E-state index is 15.1. The number of para-hydroxylation sites is 1. The van der Waals surface area contributed by atoms with Crippen LogP contribution >= 0.6 is 11.6 Å². The van der Waals surface area contributed by atoms with Crippen LogP contribution in [0.25, 0.3) is 10.9 Å². The van der Waals surface area contributed by atoms with Crippen molar-refractivity contribution in [2.45, 2.75) is 49.8 Å². The largest absolute Gasteiger partial charge is 0.496 e. The van der Waals surface area contributed by atoms with Gasteiger partial charge in [-0.1, -0.05) is 29.8 Å². The zero-order valence-electron chi connectivity index (χ0n) is 19.9. The predicted octanol–water partition coefficient (Wildman–Crippen LogP) is 5.21. The van der Waals surface area contributed by atoms with Crippen molar-refractivity contribution in [3.8, 4) is 5.75 Å². The molecule has 2 aromatic carbocycles. The van der Waals surface area contributed by atoms with E-state index in [1.165, 1.54) is 5.56 Å². The summed E-state index contributed by atoms with van der Waals surface area (Å²) in [4.78, 5) is 13.8. The number of aromatic nitrogens is 2. The molecular formula is C27H30ClFN4O2. The van der Waals surface area contributed by atoms with Crippen molar-refractivity contribution >= 4 is 34.0 Å². The summed E-state index contributed by atoms with van der Waals surface area (Å²) < 4.78 is 20.7. The van der Waals surface area contributed by atoms with E-state index in [0.29, 0.717) is 35.8 Å². The Morgan fingerprint density at radius 2 is 1.80 bits per heavy atom. The van der Waals surface area contributed by atoms with Gasteiger partial charge < -0.3 is 19.6 Å². The average molecular weight is 497 g/mol. The van der Waals surface area contributed by atoms with E-state index in [2.05, 4.69) is 33.0 Å². The van der Waals surface area contributed by atoms with E-state index in [4.69, 9.17) is 21.3 Å². The highest BCUT2D eigenvalue weighted by Crippen LogP contribution is 2.49. The van der Waals surface area contributed by atoms with E-state index in [1.807, 2.05) is 18.2 Å². The molecule has 1 N–H and O–H groups in total. The summed E-state index contributed by atoms with van der Waals surface area (Å²) in [6, 6.07) is 12.2. The number of anilines is 2. The Bertz CT molecular complexity index is 1260.